The van der Waals surface area contributed by atoms with Crippen molar-refractivity contribution in [3.8, 4) is 0 Å². The Morgan fingerprint density at radius 1 is 1.00 bits per heavy atom. The first kappa shape index (κ1) is 15.2. The highest BCUT2D eigenvalue weighted by Gasteiger charge is 2.37. The van der Waals surface area contributed by atoms with Crippen molar-refractivity contribution in [3.05, 3.63) is 18.7 Å². The van der Waals surface area contributed by atoms with Crippen LogP contribution >= 0.6 is 43.2 Å². The first-order valence-corrected chi connectivity index (χ1v) is 6.15. The lowest BCUT2D eigenvalue weighted by molar-refractivity contribution is -0.463. The molecule has 0 spiro atoms. The van der Waals surface area contributed by atoms with E-state index in [2.05, 4.69) is 43.3 Å². The van der Waals surface area contributed by atoms with E-state index in [1.807, 2.05) is 0 Å². The van der Waals surface area contributed by atoms with Crippen LogP contribution in [0, 0.1) is 0 Å². The van der Waals surface area contributed by atoms with Crippen LogP contribution in [0.15, 0.2) is 7.57 Å². The molecule has 1 aromatic heterocycles. The number of rotatable bonds is 0. The van der Waals surface area contributed by atoms with Crippen molar-refractivity contribution in [1.82, 2.24) is 0 Å². The lowest BCUT2D eigenvalue weighted by Gasteiger charge is -1.97. The molecule has 2 atom stereocenters. The molecule has 0 fully saturated rings. The average Bonchev–Trinajstić information content (AvgIpc) is 2.38. The Hall–Kier alpha value is 1.16. The lowest BCUT2D eigenvalue weighted by atomic mass is 10.2. The molecule has 2 nitrogen and oxygen atoms in total. The van der Waals surface area contributed by atoms with Gasteiger partial charge in [0.25, 0.3) is 0 Å². The van der Waals surface area contributed by atoms with Gasteiger partial charge in [0.05, 0.1) is 14.0 Å². The molecular formula is C7H10Br2Cl2N2S. The summed E-state index contributed by atoms with van der Waals surface area (Å²) in [6.45, 7) is 0. The topological polar surface area (TPSA) is 55.3 Å². The number of thiophene rings is 1. The van der Waals surface area contributed by atoms with E-state index in [1.165, 1.54) is 18.7 Å². The van der Waals surface area contributed by atoms with E-state index in [0.29, 0.717) is 12.1 Å². The zero-order chi connectivity index (χ0) is 8.88. The highest BCUT2D eigenvalue weighted by Crippen LogP contribution is 2.47. The van der Waals surface area contributed by atoms with Crippen molar-refractivity contribution in [1.29, 1.82) is 0 Å². The van der Waals surface area contributed by atoms with Crippen LogP contribution < -0.4 is 36.3 Å². The average molecular weight is 385 g/mol. The molecule has 0 unspecified atom stereocenters. The minimum atomic E-state index is 0. The van der Waals surface area contributed by atoms with Gasteiger partial charge in [-0.05, 0) is 31.9 Å². The second-order valence-electron chi connectivity index (χ2n) is 3.11. The molecule has 82 valence electrons. The molecule has 1 aliphatic carbocycles. The molecule has 1 aromatic rings. The third kappa shape index (κ3) is 2.29. The van der Waals surface area contributed by atoms with Gasteiger partial charge in [0.1, 0.15) is 12.1 Å². The van der Waals surface area contributed by atoms with Crippen molar-refractivity contribution in [2.45, 2.75) is 18.5 Å². The Morgan fingerprint density at radius 2 is 1.36 bits per heavy atom. The molecule has 0 saturated carbocycles. The number of fused-ring (bicyclic) bond motifs is 1. The molecule has 0 bridgehead atoms. The Morgan fingerprint density at radius 3 is 1.71 bits per heavy atom. The van der Waals surface area contributed by atoms with Gasteiger partial charge in [0.2, 0.25) is 0 Å². The molecule has 1 heterocycles. The van der Waals surface area contributed by atoms with Gasteiger partial charge in [0, 0.05) is 11.1 Å². The third-order valence-corrected chi connectivity index (χ3v) is 4.90. The van der Waals surface area contributed by atoms with Crippen molar-refractivity contribution in [2.75, 3.05) is 0 Å². The molecule has 1 aliphatic rings. The molecule has 0 aliphatic heterocycles. The third-order valence-electron chi connectivity index (χ3n) is 2.28. The zero-order valence-corrected chi connectivity index (χ0v) is 12.7. The van der Waals surface area contributed by atoms with Gasteiger partial charge in [0.15, 0.2) is 0 Å². The molecule has 0 amide bonds. The minimum absolute atomic E-state index is 0. The fraction of sp³-hybridized carbons (Fsp3) is 0.429. The summed E-state index contributed by atoms with van der Waals surface area (Å²) in [5, 5.41) is 0. The van der Waals surface area contributed by atoms with E-state index in [0.717, 1.165) is 6.42 Å². The summed E-state index contributed by atoms with van der Waals surface area (Å²) in [6.07, 6.45) is 1.08. The maximum atomic E-state index is 4.12. The van der Waals surface area contributed by atoms with E-state index in [9.17, 15) is 0 Å². The first-order chi connectivity index (χ1) is 5.61. The van der Waals surface area contributed by atoms with Gasteiger partial charge < -0.3 is 36.3 Å². The van der Waals surface area contributed by atoms with E-state index in [-0.39, 0.29) is 24.8 Å². The Kier molecular flexibility index (Phi) is 5.93. The zero-order valence-electron chi connectivity index (χ0n) is 7.20. The summed E-state index contributed by atoms with van der Waals surface area (Å²) in [5.74, 6) is 0. The fourth-order valence-corrected chi connectivity index (χ4v) is 5.37. The molecule has 0 radical (unpaired) electrons. The van der Waals surface area contributed by atoms with Crippen LogP contribution in [0.25, 0.3) is 0 Å². The number of hydrogen-bond donors (Lipinski definition) is 2. The Labute approximate surface area is 116 Å². The summed E-state index contributed by atoms with van der Waals surface area (Å²) in [6, 6.07) is 0.832. The molecule has 2 rings (SSSR count). The monoisotopic (exact) mass is 382 g/mol. The van der Waals surface area contributed by atoms with Crippen molar-refractivity contribution in [3.63, 3.8) is 0 Å². The molecule has 6 N–H and O–H groups in total. The van der Waals surface area contributed by atoms with Crippen LogP contribution in [0.3, 0.4) is 0 Å². The molecule has 0 saturated heterocycles. The van der Waals surface area contributed by atoms with Crippen LogP contribution in [-0.4, -0.2) is 0 Å². The van der Waals surface area contributed by atoms with Crippen molar-refractivity contribution in [2.24, 2.45) is 0 Å². The van der Waals surface area contributed by atoms with E-state index in [1.54, 1.807) is 11.3 Å². The molecule has 7 heteroatoms. The van der Waals surface area contributed by atoms with Gasteiger partial charge in [-0.25, -0.2) is 0 Å². The fourth-order valence-electron chi connectivity index (χ4n) is 1.74. The smallest absolute Gasteiger partial charge is 0.119 e. The standard InChI is InChI=1S/C7H8Br2N2S.2ClH/c8-6-4-2(10)1-3(11)5(4)7(9)12-6;;/h2-3H,1,10-11H2;2*1H/t2-,3+;;. The summed E-state index contributed by atoms with van der Waals surface area (Å²) in [5.41, 5.74) is 11.0. The highest BCUT2D eigenvalue weighted by atomic mass is 79.9. The summed E-state index contributed by atoms with van der Waals surface area (Å²) >= 11 is 8.85. The van der Waals surface area contributed by atoms with Gasteiger partial charge in [-0.2, -0.15) is 0 Å². The van der Waals surface area contributed by atoms with Crippen molar-refractivity contribution < 1.29 is 36.3 Å². The predicted molar refractivity (Wildman–Crippen MR) is 55.6 cm³/mol. The van der Waals surface area contributed by atoms with Crippen LogP contribution in [0.4, 0.5) is 0 Å². The first-order valence-electron chi connectivity index (χ1n) is 3.75. The summed E-state index contributed by atoms with van der Waals surface area (Å²) in [7, 11) is 0. The van der Waals surface area contributed by atoms with E-state index in [4.69, 9.17) is 0 Å². The summed E-state index contributed by atoms with van der Waals surface area (Å²) in [4.78, 5) is 0. The normalized spacial score (nSPS) is 23.7. The maximum Gasteiger partial charge on any atom is 0.119 e. The van der Waals surface area contributed by atoms with Crippen LogP contribution in [0.2, 0.25) is 0 Å². The van der Waals surface area contributed by atoms with Crippen LogP contribution in [-0.2, 0) is 0 Å². The lowest BCUT2D eigenvalue weighted by Crippen LogP contribution is -3.00. The molecule has 14 heavy (non-hydrogen) atoms. The second kappa shape index (κ2) is 5.48. The SMILES string of the molecule is [Cl-].[Cl-].[NH3+][C@@H]1C[C@H]([NH3+])c2c(Br)sc(Br)c21. The Bertz CT molecular complexity index is 303. The van der Waals surface area contributed by atoms with Crippen LogP contribution in [0.1, 0.15) is 29.6 Å². The highest BCUT2D eigenvalue weighted by molar-refractivity contribution is 9.12. The van der Waals surface area contributed by atoms with Gasteiger partial charge in [-0.3, -0.25) is 0 Å². The molecular weight excluding hydrogens is 375 g/mol. The number of quaternary nitrogens is 2. The van der Waals surface area contributed by atoms with Crippen molar-refractivity contribution >= 4 is 43.2 Å². The number of hydrogen-bond acceptors (Lipinski definition) is 1. The van der Waals surface area contributed by atoms with E-state index >= 15 is 0 Å². The Balaban J connectivity index is 0.000000845. The van der Waals surface area contributed by atoms with Gasteiger partial charge in [-0.1, -0.05) is 0 Å². The van der Waals surface area contributed by atoms with E-state index < -0.39 is 0 Å². The molecule has 0 aromatic carbocycles. The van der Waals surface area contributed by atoms with Crippen LogP contribution in [0.5, 0.6) is 0 Å². The van der Waals surface area contributed by atoms with Gasteiger partial charge >= 0.3 is 0 Å². The number of halogens is 4. The quantitative estimate of drug-likeness (QED) is 0.451. The van der Waals surface area contributed by atoms with Gasteiger partial charge in [-0.15, -0.1) is 11.3 Å². The largest absolute Gasteiger partial charge is 1.00 e. The predicted octanol–water partition coefficient (Wildman–Crippen LogP) is -4.75. The second-order valence-corrected chi connectivity index (χ2v) is 6.76. The summed E-state index contributed by atoms with van der Waals surface area (Å²) < 4.78 is 2.44. The minimum Gasteiger partial charge on any atom is -1.00 e. The maximum absolute atomic E-state index is 4.12.